The van der Waals surface area contributed by atoms with Gasteiger partial charge in [0.15, 0.2) is 0 Å². The molecule has 0 saturated heterocycles. The van der Waals surface area contributed by atoms with Gasteiger partial charge in [-0.15, -0.1) is 11.6 Å². The van der Waals surface area contributed by atoms with Gasteiger partial charge in [0, 0.05) is 31.2 Å². The van der Waals surface area contributed by atoms with Gasteiger partial charge >= 0.3 is 0 Å². The van der Waals surface area contributed by atoms with Crippen LogP contribution in [-0.4, -0.2) is 33.1 Å². The molecule has 0 aliphatic heterocycles. The Kier molecular flexibility index (Phi) is 3.90. The zero-order valence-corrected chi connectivity index (χ0v) is 11.6. The number of halogens is 1. The second-order valence-electron chi connectivity index (χ2n) is 5.62. The van der Waals surface area contributed by atoms with Gasteiger partial charge < -0.3 is 0 Å². The molecule has 1 aromatic heterocycles. The van der Waals surface area contributed by atoms with Crippen molar-refractivity contribution in [2.45, 2.75) is 57.2 Å². The Morgan fingerprint density at radius 1 is 1.28 bits per heavy atom. The van der Waals surface area contributed by atoms with Crippen LogP contribution in [0, 0.1) is 0 Å². The van der Waals surface area contributed by atoms with Crippen molar-refractivity contribution < 1.29 is 0 Å². The van der Waals surface area contributed by atoms with Crippen LogP contribution >= 0.6 is 11.6 Å². The summed E-state index contributed by atoms with van der Waals surface area (Å²) in [6.45, 7) is 1.96. The fourth-order valence-electron chi connectivity index (χ4n) is 2.98. The van der Waals surface area contributed by atoms with Crippen LogP contribution in [0.3, 0.4) is 0 Å². The highest BCUT2D eigenvalue weighted by atomic mass is 35.5. The third-order valence-electron chi connectivity index (χ3n) is 4.16. The lowest BCUT2D eigenvalue weighted by molar-refractivity contribution is 0.266. The summed E-state index contributed by atoms with van der Waals surface area (Å²) in [4.78, 5) is 2.48. The zero-order valence-electron chi connectivity index (χ0n) is 10.9. The van der Waals surface area contributed by atoms with E-state index in [0.717, 1.165) is 25.0 Å². The maximum Gasteiger partial charge on any atom is 0.0765 e. The van der Waals surface area contributed by atoms with Gasteiger partial charge in [-0.1, -0.05) is 12.8 Å². The fraction of sp³-hybridized carbons (Fsp3) is 0.786. The van der Waals surface area contributed by atoms with Crippen LogP contribution in [0.25, 0.3) is 0 Å². The van der Waals surface area contributed by atoms with Gasteiger partial charge in [-0.2, -0.15) is 5.10 Å². The molecule has 2 aliphatic carbocycles. The lowest BCUT2D eigenvalue weighted by atomic mass is 10.3. The van der Waals surface area contributed by atoms with Crippen LogP contribution in [0.15, 0.2) is 12.3 Å². The van der Waals surface area contributed by atoms with E-state index in [1.807, 2.05) is 0 Å². The standard InChI is InChI=1S/C14H22ClN3/c15-8-10-17(13-5-6-13)11-12-7-9-18(16-12)14-3-1-2-4-14/h7,9,13-14H,1-6,8,10-11H2. The maximum absolute atomic E-state index is 5.88. The lowest BCUT2D eigenvalue weighted by Gasteiger charge is -2.19. The van der Waals surface area contributed by atoms with Crippen molar-refractivity contribution in [3.63, 3.8) is 0 Å². The van der Waals surface area contributed by atoms with Crippen LogP contribution in [0.2, 0.25) is 0 Å². The molecule has 0 N–H and O–H groups in total. The minimum Gasteiger partial charge on any atom is -0.293 e. The molecule has 2 fully saturated rings. The van der Waals surface area contributed by atoms with Gasteiger partial charge in [0.2, 0.25) is 0 Å². The Morgan fingerprint density at radius 2 is 2.06 bits per heavy atom. The Morgan fingerprint density at radius 3 is 2.72 bits per heavy atom. The van der Waals surface area contributed by atoms with Crippen LogP contribution in [0.4, 0.5) is 0 Å². The molecule has 3 rings (SSSR count). The number of aromatic nitrogens is 2. The van der Waals surface area contributed by atoms with Crippen LogP contribution in [-0.2, 0) is 6.54 Å². The monoisotopic (exact) mass is 267 g/mol. The van der Waals surface area contributed by atoms with Crippen molar-refractivity contribution >= 4 is 11.6 Å². The Balaban J connectivity index is 1.61. The molecule has 4 heteroatoms. The van der Waals surface area contributed by atoms with Crippen LogP contribution in [0.5, 0.6) is 0 Å². The van der Waals surface area contributed by atoms with Crippen molar-refractivity contribution in [3.8, 4) is 0 Å². The molecule has 18 heavy (non-hydrogen) atoms. The van der Waals surface area contributed by atoms with Crippen LogP contribution in [0.1, 0.15) is 50.3 Å². The molecule has 3 nitrogen and oxygen atoms in total. The highest BCUT2D eigenvalue weighted by Crippen LogP contribution is 2.30. The molecule has 0 spiro atoms. The van der Waals surface area contributed by atoms with Crippen molar-refractivity contribution in [2.75, 3.05) is 12.4 Å². The van der Waals surface area contributed by atoms with E-state index in [0.29, 0.717) is 6.04 Å². The number of hydrogen-bond acceptors (Lipinski definition) is 2. The minimum atomic E-state index is 0.654. The molecule has 1 heterocycles. The molecule has 0 atom stereocenters. The molecule has 0 radical (unpaired) electrons. The van der Waals surface area contributed by atoms with Crippen molar-refractivity contribution in [3.05, 3.63) is 18.0 Å². The summed E-state index contributed by atoms with van der Waals surface area (Å²) in [6.07, 6.45) is 10.2. The van der Waals surface area contributed by atoms with Crippen molar-refractivity contribution in [1.29, 1.82) is 0 Å². The molecule has 0 aromatic carbocycles. The van der Waals surface area contributed by atoms with Gasteiger partial charge in [-0.3, -0.25) is 9.58 Å². The first-order chi connectivity index (χ1) is 8.86. The molecule has 1 aromatic rings. The van der Waals surface area contributed by atoms with Crippen molar-refractivity contribution in [1.82, 2.24) is 14.7 Å². The highest BCUT2D eigenvalue weighted by Gasteiger charge is 2.29. The lowest BCUT2D eigenvalue weighted by Crippen LogP contribution is -2.27. The van der Waals surface area contributed by atoms with E-state index in [1.54, 1.807) is 0 Å². The molecule has 2 saturated carbocycles. The van der Waals surface area contributed by atoms with Gasteiger partial charge in [-0.05, 0) is 31.7 Å². The smallest absolute Gasteiger partial charge is 0.0765 e. The largest absolute Gasteiger partial charge is 0.293 e. The predicted molar refractivity (Wildman–Crippen MR) is 73.9 cm³/mol. The Bertz CT molecular complexity index is 380. The van der Waals surface area contributed by atoms with E-state index < -0.39 is 0 Å². The first kappa shape index (κ1) is 12.5. The summed E-state index contributed by atoms with van der Waals surface area (Å²) in [5, 5.41) is 4.76. The van der Waals surface area contributed by atoms with E-state index in [4.69, 9.17) is 16.7 Å². The number of hydrogen-bond donors (Lipinski definition) is 0. The van der Waals surface area contributed by atoms with Gasteiger partial charge in [0.1, 0.15) is 0 Å². The molecule has 0 bridgehead atoms. The average Bonchev–Trinajstić information content (AvgIpc) is 2.90. The van der Waals surface area contributed by atoms with E-state index in [-0.39, 0.29) is 0 Å². The maximum atomic E-state index is 5.88. The fourth-order valence-corrected chi connectivity index (χ4v) is 3.20. The first-order valence-corrected chi connectivity index (χ1v) is 7.74. The summed E-state index contributed by atoms with van der Waals surface area (Å²) in [7, 11) is 0. The molecule has 0 amide bonds. The molecule has 2 aliphatic rings. The summed E-state index contributed by atoms with van der Waals surface area (Å²) in [6, 6.07) is 3.60. The number of rotatable bonds is 6. The topological polar surface area (TPSA) is 21.1 Å². The first-order valence-electron chi connectivity index (χ1n) is 7.21. The highest BCUT2D eigenvalue weighted by molar-refractivity contribution is 6.18. The summed E-state index contributed by atoms with van der Waals surface area (Å²) in [5.41, 5.74) is 1.21. The zero-order chi connectivity index (χ0) is 12.4. The Labute approximate surface area is 114 Å². The van der Waals surface area contributed by atoms with Crippen LogP contribution < -0.4 is 0 Å². The minimum absolute atomic E-state index is 0.654. The third-order valence-corrected chi connectivity index (χ3v) is 4.33. The second kappa shape index (κ2) is 5.62. The summed E-state index contributed by atoms with van der Waals surface area (Å²) in [5.74, 6) is 0.722. The average molecular weight is 268 g/mol. The Hall–Kier alpha value is -0.540. The summed E-state index contributed by atoms with van der Waals surface area (Å²) < 4.78 is 2.19. The van der Waals surface area contributed by atoms with E-state index in [9.17, 15) is 0 Å². The van der Waals surface area contributed by atoms with Gasteiger partial charge in [0.25, 0.3) is 0 Å². The van der Waals surface area contributed by atoms with Gasteiger partial charge in [-0.25, -0.2) is 0 Å². The predicted octanol–water partition coefficient (Wildman–Crippen LogP) is 3.20. The van der Waals surface area contributed by atoms with Gasteiger partial charge in [0.05, 0.1) is 11.7 Å². The second-order valence-corrected chi connectivity index (χ2v) is 5.99. The normalized spacial score (nSPS) is 21.0. The van der Waals surface area contributed by atoms with E-state index in [2.05, 4.69) is 21.8 Å². The molecule has 0 unspecified atom stereocenters. The van der Waals surface area contributed by atoms with E-state index in [1.165, 1.54) is 44.2 Å². The quantitative estimate of drug-likeness (QED) is 0.738. The van der Waals surface area contributed by atoms with E-state index >= 15 is 0 Å². The summed E-state index contributed by atoms with van der Waals surface area (Å²) >= 11 is 5.88. The molecular weight excluding hydrogens is 246 g/mol. The SMILES string of the molecule is ClCCN(Cc1ccn(C2CCCC2)n1)C1CC1. The number of nitrogens with zero attached hydrogens (tertiary/aromatic N) is 3. The third kappa shape index (κ3) is 2.89. The number of alkyl halides is 1. The van der Waals surface area contributed by atoms with Crippen molar-refractivity contribution in [2.24, 2.45) is 0 Å². The molecule has 100 valence electrons. The molecular formula is C14H22ClN3.